The number of sulfonamides is 1. The molecular formula is C18H29N3O4S. The molecule has 0 aliphatic carbocycles. The summed E-state index contributed by atoms with van der Waals surface area (Å²) in [4.78, 5) is 13.0. The molecule has 0 aromatic heterocycles. The second-order valence-corrected chi connectivity index (χ2v) is 8.53. The van der Waals surface area contributed by atoms with Gasteiger partial charge in [-0.3, -0.25) is 4.79 Å². The fraction of sp³-hybridized carbons (Fsp3) is 0.611. The molecule has 0 atom stereocenters. The largest absolute Gasteiger partial charge is 0.381 e. The molecule has 3 N–H and O–H groups in total. The topological polar surface area (TPSA) is 102 Å². The number of hydrogen-bond acceptors (Lipinski definition) is 5. The first-order chi connectivity index (χ1) is 12.3. The molecule has 1 aromatic carbocycles. The lowest BCUT2D eigenvalue weighted by atomic mass is 9.79. The van der Waals surface area contributed by atoms with E-state index in [1.54, 1.807) is 32.9 Å². The van der Waals surface area contributed by atoms with Crippen molar-refractivity contribution in [1.29, 1.82) is 0 Å². The van der Waals surface area contributed by atoms with Crippen molar-refractivity contribution in [3.05, 3.63) is 23.8 Å². The summed E-state index contributed by atoms with van der Waals surface area (Å²) in [6.07, 6.45) is 1.12. The zero-order chi connectivity index (χ0) is 19.4. The Hall–Kier alpha value is -1.48. The summed E-state index contributed by atoms with van der Waals surface area (Å²) in [6, 6.07) is 4.97. The Morgan fingerprint density at radius 3 is 2.42 bits per heavy atom. The lowest BCUT2D eigenvalue weighted by Gasteiger charge is -2.34. The smallest absolute Gasteiger partial charge is 0.243 e. The van der Waals surface area contributed by atoms with E-state index in [1.165, 1.54) is 10.4 Å². The molecule has 0 radical (unpaired) electrons. The molecule has 1 heterocycles. The van der Waals surface area contributed by atoms with Crippen molar-refractivity contribution in [2.75, 3.05) is 38.2 Å². The van der Waals surface area contributed by atoms with Crippen LogP contribution in [0.4, 0.5) is 5.69 Å². The Kier molecular flexibility index (Phi) is 6.79. The third-order valence-electron chi connectivity index (χ3n) is 5.09. The second kappa shape index (κ2) is 8.47. The zero-order valence-corrected chi connectivity index (χ0v) is 16.6. The lowest BCUT2D eigenvalue weighted by Crippen LogP contribution is -2.46. The van der Waals surface area contributed by atoms with E-state index in [9.17, 15) is 13.2 Å². The van der Waals surface area contributed by atoms with Crippen LogP contribution in [0.1, 0.15) is 32.3 Å². The van der Waals surface area contributed by atoms with Gasteiger partial charge in [0.2, 0.25) is 15.9 Å². The normalized spacial score (nSPS) is 17.3. The number of nitrogens with two attached hydrogens (primary N) is 1. The van der Waals surface area contributed by atoms with E-state index in [1.807, 2.05) is 0 Å². The molecule has 0 unspecified atom stereocenters. The van der Waals surface area contributed by atoms with Gasteiger partial charge in [0.1, 0.15) is 0 Å². The Bertz CT molecular complexity index is 739. The molecule has 0 saturated carbocycles. The van der Waals surface area contributed by atoms with E-state index in [2.05, 4.69) is 5.32 Å². The van der Waals surface area contributed by atoms with Gasteiger partial charge in [-0.1, -0.05) is 19.9 Å². The number of nitrogens with one attached hydrogen (secondary N) is 1. The van der Waals surface area contributed by atoms with E-state index in [0.29, 0.717) is 50.4 Å². The van der Waals surface area contributed by atoms with Crippen molar-refractivity contribution in [3.63, 3.8) is 0 Å². The fourth-order valence-electron chi connectivity index (χ4n) is 3.21. The van der Waals surface area contributed by atoms with Gasteiger partial charge >= 0.3 is 0 Å². The van der Waals surface area contributed by atoms with Crippen LogP contribution in [0.3, 0.4) is 0 Å². The molecule has 1 fully saturated rings. The minimum absolute atomic E-state index is 0.182. The van der Waals surface area contributed by atoms with Crippen LogP contribution in [0.15, 0.2) is 23.1 Å². The highest BCUT2D eigenvalue weighted by molar-refractivity contribution is 7.89. The third kappa shape index (κ3) is 4.09. The minimum atomic E-state index is -3.60. The number of anilines is 1. The number of hydrogen-bond donors (Lipinski definition) is 2. The first-order valence-corrected chi connectivity index (χ1v) is 10.4. The highest BCUT2D eigenvalue weighted by atomic mass is 32.2. The maximum atomic E-state index is 12.9. The van der Waals surface area contributed by atoms with Crippen LogP contribution in [0.2, 0.25) is 0 Å². The molecule has 0 spiro atoms. The van der Waals surface area contributed by atoms with E-state index in [0.717, 1.165) is 0 Å². The van der Waals surface area contributed by atoms with Gasteiger partial charge in [0, 0.05) is 38.5 Å². The van der Waals surface area contributed by atoms with Gasteiger partial charge in [0.25, 0.3) is 0 Å². The van der Waals surface area contributed by atoms with Crippen molar-refractivity contribution in [3.8, 4) is 0 Å². The van der Waals surface area contributed by atoms with Crippen molar-refractivity contribution in [1.82, 2.24) is 4.31 Å². The van der Waals surface area contributed by atoms with Gasteiger partial charge in [-0.25, -0.2) is 8.42 Å². The Balaban J connectivity index is 2.31. The number of carbonyl (C=O) groups excluding carboxylic acids is 1. The van der Waals surface area contributed by atoms with Crippen molar-refractivity contribution >= 4 is 21.6 Å². The second-order valence-electron chi connectivity index (χ2n) is 6.62. The standard InChI is InChI=1S/C18H29N3O4S/c1-4-21(5-2)26(23,24)16-12-15(7-6-14(16)3)20-17(22)18(13-19)8-10-25-11-9-18/h6-7,12H,4-5,8-11,13,19H2,1-3H3,(H,20,22). The van der Waals surface area contributed by atoms with Gasteiger partial charge in [-0.15, -0.1) is 0 Å². The number of nitrogens with zero attached hydrogens (tertiary/aromatic N) is 1. The highest BCUT2D eigenvalue weighted by Gasteiger charge is 2.39. The molecule has 26 heavy (non-hydrogen) atoms. The number of rotatable bonds is 7. The number of amides is 1. The molecule has 7 nitrogen and oxygen atoms in total. The van der Waals surface area contributed by atoms with Crippen LogP contribution in [0, 0.1) is 12.3 Å². The summed E-state index contributed by atoms with van der Waals surface area (Å²) in [6.45, 7) is 7.38. The summed E-state index contributed by atoms with van der Waals surface area (Å²) in [5.41, 5.74) is 6.32. The van der Waals surface area contributed by atoms with E-state index >= 15 is 0 Å². The van der Waals surface area contributed by atoms with Gasteiger partial charge in [0.15, 0.2) is 0 Å². The van der Waals surface area contributed by atoms with Gasteiger partial charge in [-0.05, 0) is 37.5 Å². The summed E-state index contributed by atoms with van der Waals surface area (Å²) < 4.78 is 32.4. The monoisotopic (exact) mass is 383 g/mol. The summed E-state index contributed by atoms with van der Waals surface area (Å²) >= 11 is 0. The first kappa shape index (κ1) is 20.8. The highest BCUT2D eigenvalue weighted by Crippen LogP contribution is 2.31. The molecular weight excluding hydrogens is 354 g/mol. The third-order valence-corrected chi connectivity index (χ3v) is 7.28. The molecule has 1 aliphatic heterocycles. The van der Waals surface area contributed by atoms with Gasteiger partial charge in [0.05, 0.1) is 10.3 Å². The molecule has 0 bridgehead atoms. The lowest BCUT2D eigenvalue weighted by molar-refractivity contribution is -0.130. The average Bonchev–Trinajstić information content (AvgIpc) is 2.64. The summed E-state index contributed by atoms with van der Waals surface area (Å²) in [7, 11) is -3.60. The SMILES string of the molecule is CCN(CC)S(=O)(=O)c1cc(NC(=O)C2(CN)CCOCC2)ccc1C. The van der Waals surface area contributed by atoms with Gasteiger partial charge in [-0.2, -0.15) is 4.31 Å². The molecule has 1 aliphatic rings. The fourth-order valence-corrected chi connectivity index (χ4v) is 4.92. The first-order valence-electron chi connectivity index (χ1n) is 9.01. The van der Waals surface area contributed by atoms with Crippen molar-refractivity contribution in [2.24, 2.45) is 11.1 Å². The van der Waals surface area contributed by atoms with Crippen molar-refractivity contribution < 1.29 is 17.9 Å². The van der Waals surface area contributed by atoms with E-state index < -0.39 is 15.4 Å². The summed E-state index contributed by atoms with van der Waals surface area (Å²) in [5, 5.41) is 2.86. The molecule has 8 heteroatoms. The Morgan fingerprint density at radius 2 is 1.88 bits per heavy atom. The number of carbonyl (C=O) groups is 1. The van der Waals surface area contributed by atoms with E-state index in [-0.39, 0.29) is 17.3 Å². The Morgan fingerprint density at radius 1 is 1.27 bits per heavy atom. The quantitative estimate of drug-likeness (QED) is 0.746. The zero-order valence-electron chi connectivity index (χ0n) is 15.7. The van der Waals surface area contributed by atoms with Crippen LogP contribution < -0.4 is 11.1 Å². The van der Waals surface area contributed by atoms with Crippen LogP contribution >= 0.6 is 0 Å². The molecule has 1 aromatic rings. The minimum Gasteiger partial charge on any atom is -0.381 e. The van der Waals surface area contributed by atoms with Crippen LogP contribution in [0.25, 0.3) is 0 Å². The maximum absolute atomic E-state index is 12.9. The van der Waals surface area contributed by atoms with Gasteiger partial charge < -0.3 is 15.8 Å². The average molecular weight is 384 g/mol. The van der Waals surface area contributed by atoms with Crippen molar-refractivity contribution in [2.45, 2.75) is 38.5 Å². The molecule has 1 saturated heterocycles. The molecule has 146 valence electrons. The summed E-state index contributed by atoms with van der Waals surface area (Å²) in [5.74, 6) is -0.182. The molecule has 1 amide bonds. The number of ether oxygens (including phenoxy) is 1. The van der Waals surface area contributed by atoms with E-state index in [4.69, 9.17) is 10.5 Å². The maximum Gasteiger partial charge on any atom is 0.243 e. The number of benzene rings is 1. The predicted octanol–water partition coefficient (Wildman–Crippen LogP) is 1.72. The van der Waals surface area contributed by atoms with Crippen LogP contribution in [-0.4, -0.2) is 51.5 Å². The Labute approximate surface area is 155 Å². The van der Waals surface area contributed by atoms with Crippen LogP contribution in [0.5, 0.6) is 0 Å². The molecule has 2 rings (SSSR count). The number of aryl methyl sites for hydroxylation is 1. The predicted molar refractivity (Wildman–Crippen MR) is 101 cm³/mol. The van der Waals surface area contributed by atoms with Crippen LogP contribution in [-0.2, 0) is 19.6 Å².